The second-order valence-electron chi connectivity index (χ2n) is 4.78. The number of nitrogens with zero attached hydrogens (tertiary/aromatic N) is 1. The highest BCUT2D eigenvalue weighted by atomic mass is 16.6. The summed E-state index contributed by atoms with van der Waals surface area (Å²) >= 11 is 0. The molecule has 16 heavy (non-hydrogen) atoms. The Morgan fingerprint density at radius 2 is 2.25 bits per heavy atom. The Morgan fingerprint density at radius 1 is 1.50 bits per heavy atom. The summed E-state index contributed by atoms with van der Waals surface area (Å²) < 4.78 is 0. The lowest BCUT2D eigenvalue weighted by molar-refractivity contribution is 0.123. The molecule has 0 saturated carbocycles. The van der Waals surface area contributed by atoms with Gasteiger partial charge in [-0.3, -0.25) is 4.84 Å². The fourth-order valence-corrected chi connectivity index (χ4v) is 2.74. The number of fused-ring (bicyclic) bond motifs is 1. The molecule has 3 heteroatoms. The Bertz CT molecular complexity index is 376. The van der Waals surface area contributed by atoms with Crippen LogP contribution in [0, 0.1) is 0 Å². The van der Waals surface area contributed by atoms with Crippen molar-refractivity contribution in [2.75, 3.05) is 4.90 Å². The highest BCUT2D eigenvalue weighted by Gasteiger charge is 2.29. The Morgan fingerprint density at radius 3 is 2.88 bits per heavy atom. The average molecular weight is 220 g/mol. The van der Waals surface area contributed by atoms with Gasteiger partial charge in [-0.2, -0.15) is 0 Å². The second kappa shape index (κ2) is 4.44. The van der Waals surface area contributed by atoms with E-state index in [1.807, 2.05) is 0 Å². The van der Waals surface area contributed by atoms with Gasteiger partial charge in [0.2, 0.25) is 0 Å². The zero-order chi connectivity index (χ0) is 11.7. The van der Waals surface area contributed by atoms with Crippen molar-refractivity contribution in [3.63, 3.8) is 0 Å². The van der Waals surface area contributed by atoms with Gasteiger partial charge in [0.05, 0.1) is 6.61 Å². The monoisotopic (exact) mass is 220 g/mol. The predicted octanol–water partition coefficient (Wildman–Crippen LogP) is 2.24. The molecule has 0 aromatic heterocycles. The molecule has 1 heterocycles. The van der Waals surface area contributed by atoms with Gasteiger partial charge in [-0.05, 0) is 44.4 Å². The SMILES string of the molecule is CC(C)N1c2cccc(CON)c2CC1C. The van der Waals surface area contributed by atoms with E-state index in [0.29, 0.717) is 18.7 Å². The molecule has 1 unspecified atom stereocenters. The summed E-state index contributed by atoms with van der Waals surface area (Å²) in [6, 6.07) is 7.47. The molecular weight excluding hydrogens is 200 g/mol. The van der Waals surface area contributed by atoms with Gasteiger partial charge in [0.1, 0.15) is 0 Å². The van der Waals surface area contributed by atoms with Gasteiger partial charge in [-0.1, -0.05) is 12.1 Å². The van der Waals surface area contributed by atoms with E-state index < -0.39 is 0 Å². The molecular formula is C13H20N2O. The Hall–Kier alpha value is -1.06. The standard InChI is InChI=1S/C13H20N2O/c1-9(2)15-10(3)7-12-11(8-16-14)5-4-6-13(12)15/h4-6,9-10H,7-8,14H2,1-3H3. The van der Waals surface area contributed by atoms with E-state index in [1.54, 1.807) is 0 Å². The van der Waals surface area contributed by atoms with Crippen LogP contribution in [0.15, 0.2) is 18.2 Å². The van der Waals surface area contributed by atoms with E-state index in [-0.39, 0.29) is 0 Å². The fourth-order valence-electron chi connectivity index (χ4n) is 2.74. The van der Waals surface area contributed by atoms with Crippen molar-refractivity contribution >= 4 is 5.69 Å². The van der Waals surface area contributed by atoms with E-state index in [9.17, 15) is 0 Å². The smallest absolute Gasteiger partial charge is 0.0933 e. The van der Waals surface area contributed by atoms with Crippen molar-refractivity contribution in [2.24, 2.45) is 5.90 Å². The van der Waals surface area contributed by atoms with E-state index >= 15 is 0 Å². The third-order valence-electron chi connectivity index (χ3n) is 3.30. The molecule has 1 atom stereocenters. The van der Waals surface area contributed by atoms with Gasteiger partial charge >= 0.3 is 0 Å². The number of benzene rings is 1. The van der Waals surface area contributed by atoms with Crippen molar-refractivity contribution in [3.8, 4) is 0 Å². The van der Waals surface area contributed by atoms with E-state index in [1.165, 1.54) is 16.8 Å². The maximum Gasteiger partial charge on any atom is 0.0933 e. The van der Waals surface area contributed by atoms with Crippen LogP contribution in [0.5, 0.6) is 0 Å². The predicted molar refractivity (Wildman–Crippen MR) is 66.2 cm³/mol. The lowest BCUT2D eigenvalue weighted by atomic mass is 10.0. The highest BCUT2D eigenvalue weighted by molar-refractivity contribution is 5.62. The van der Waals surface area contributed by atoms with E-state index in [0.717, 1.165) is 6.42 Å². The summed E-state index contributed by atoms with van der Waals surface area (Å²) in [6.45, 7) is 7.24. The zero-order valence-corrected chi connectivity index (χ0v) is 10.2. The molecule has 1 aliphatic heterocycles. The molecule has 1 aromatic rings. The molecule has 0 fully saturated rings. The third kappa shape index (κ3) is 1.81. The number of hydrogen-bond donors (Lipinski definition) is 1. The van der Waals surface area contributed by atoms with Gasteiger partial charge < -0.3 is 4.90 Å². The van der Waals surface area contributed by atoms with Crippen LogP contribution in [0.25, 0.3) is 0 Å². The quantitative estimate of drug-likeness (QED) is 0.794. The minimum atomic E-state index is 0.502. The summed E-state index contributed by atoms with van der Waals surface area (Å²) in [7, 11) is 0. The molecule has 88 valence electrons. The average Bonchev–Trinajstić information content (AvgIpc) is 2.55. The minimum absolute atomic E-state index is 0.502. The molecule has 0 bridgehead atoms. The highest BCUT2D eigenvalue weighted by Crippen LogP contribution is 2.35. The first kappa shape index (κ1) is 11.4. The zero-order valence-electron chi connectivity index (χ0n) is 10.2. The number of anilines is 1. The minimum Gasteiger partial charge on any atom is -0.366 e. The summed E-state index contributed by atoms with van der Waals surface area (Å²) in [5, 5.41) is 0. The maximum atomic E-state index is 5.17. The van der Waals surface area contributed by atoms with Gasteiger partial charge in [-0.15, -0.1) is 0 Å². The summed E-state index contributed by atoms with van der Waals surface area (Å²) in [5.74, 6) is 5.17. The van der Waals surface area contributed by atoms with Crippen LogP contribution in [0.2, 0.25) is 0 Å². The lowest BCUT2D eigenvalue weighted by Gasteiger charge is -2.29. The maximum absolute atomic E-state index is 5.17. The summed E-state index contributed by atoms with van der Waals surface area (Å²) in [4.78, 5) is 7.23. The Kier molecular flexibility index (Phi) is 3.17. The molecule has 0 aliphatic carbocycles. The van der Waals surface area contributed by atoms with Gasteiger partial charge in [0.15, 0.2) is 0 Å². The van der Waals surface area contributed by atoms with Crippen LogP contribution in [0.4, 0.5) is 5.69 Å². The number of hydrogen-bond acceptors (Lipinski definition) is 3. The van der Waals surface area contributed by atoms with Crippen LogP contribution in [0.3, 0.4) is 0 Å². The Balaban J connectivity index is 2.40. The molecule has 0 saturated heterocycles. The van der Waals surface area contributed by atoms with E-state index in [2.05, 4.69) is 43.9 Å². The van der Waals surface area contributed by atoms with Crippen molar-refractivity contribution in [2.45, 2.75) is 45.9 Å². The first-order chi connectivity index (χ1) is 7.65. The molecule has 0 spiro atoms. The molecule has 0 radical (unpaired) electrons. The van der Waals surface area contributed by atoms with Crippen LogP contribution < -0.4 is 10.8 Å². The molecule has 0 amide bonds. The molecule has 2 rings (SSSR count). The van der Waals surface area contributed by atoms with Gasteiger partial charge in [-0.25, -0.2) is 5.90 Å². The topological polar surface area (TPSA) is 38.5 Å². The largest absolute Gasteiger partial charge is 0.366 e. The van der Waals surface area contributed by atoms with Crippen molar-refractivity contribution in [3.05, 3.63) is 29.3 Å². The second-order valence-corrected chi connectivity index (χ2v) is 4.78. The molecule has 1 aliphatic rings. The number of rotatable bonds is 3. The fraction of sp³-hybridized carbons (Fsp3) is 0.538. The summed E-state index contributed by atoms with van der Waals surface area (Å²) in [6.07, 6.45) is 1.09. The third-order valence-corrected chi connectivity index (χ3v) is 3.30. The van der Waals surface area contributed by atoms with Crippen LogP contribution in [-0.2, 0) is 17.9 Å². The normalized spacial score (nSPS) is 19.3. The van der Waals surface area contributed by atoms with Crippen LogP contribution in [-0.4, -0.2) is 12.1 Å². The van der Waals surface area contributed by atoms with E-state index in [4.69, 9.17) is 10.7 Å². The molecule has 3 nitrogen and oxygen atoms in total. The van der Waals surface area contributed by atoms with Gasteiger partial charge in [0.25, 0.3) is 0 Å². The summed E-state index contributed by atoms with van der Waals surface area (Å²) in [5.41, 5.74) is 3.96. The molecule has 2 N–H and O–H groups in total. The Labute approximate surface area is 97.1 Å². The number of nitrogens with two attached hydrogens (primary N) is 1. The first-order valence-corrected chi connectivity index (χ1v) is 5.86. The lowest BCUT2D eigenvalue weighted by Crippen LogP contribution is -2.35. The van der Waals surface area contributed by atoms with Crippen LogP contribution >= 0.6 is 0 Å². The van der Waals surface area contributed by atoms with Crippen molar-refractivity contribution in [1.82, 2.24) is 0 Å². The van der Waals surface area contributed by atoms with Crippen LogP contribution in [0.1, 0.15) is 31.9 Å². The van der Waals surface area contributed by atoms with Crippen molar-refractivity contribution < 1.29 is 4.84 Å². The van der Waals surface area contributed by atoms with Crippen molar-refractivity contribution in [1.29, 1.82) is 0 Å². The molecule has 1 aromatic carbocycles. The van der Waals surface area contributed by atoms with Gasteiger partial charge in [0, 0.05) is 17.8 Å². The first-order valence-electron chi connectivity index (χ1n) is 5.86.